The van der Waals surface area contributed by atoms with Crippen molar-refractivity contribution in [3.63, 3.8) is 0 Å². The summed E-state index contributed by atoms with van der Waals surface area (Å²) in [6.07, 6.45) is 64.3. The largest absolute Gasteiger partial charge is 0.466 e. The number of rotatable bonds is 51. The van der Waals surface area contributed by atoms with Gasteiger partial charge in [0.25, 0.3) is 0 Å². The van der Waals surface area contributed by atoms with Gasteiger partial charge in [-0.25, -0.2) is 0 Å². The number of carbonyl (C=O) groups is 2. The monoisotopic (exact) mass is 886 g/mol. The first kappa shape index (κ1) is 61.1. The summed E-state index contributed by atoms with van der Waals surface area (Å²) in [7, 11) is 0. The lowest BCUT2D eigenvalue weighted by Crippen LogP contribution is -2.45. The van der Waals surface area contributed by atoms with Crippen molar-refractivity contribution in [1.29, 1.82) is 0 Å². The molecule has 6 nitrogen and oxygen atoms in total. The minimum atomic E-state index is -0.700. The van der Waals surface area contributed by atoms with E-state index >= 15 is 0 Å². The van der Waals surface area contributed by atoms with E-state index in [1.165, 1.54) is 199 Å². The first-order valence-electron chi connectivity index (χ1n) is 27.7. The van der Waals surface area contributed by atoms with Crippen molar-refractivity contribution in [2.75, 3.05) is 13.2 Å². The molecule has 0 spiro atoms. The van der Waals surface area contributed by atoms with Crippen LogP contribution in [0.15, 0.2) is 36.5 Å². The highest BCUT2D eigenvalue weighted by atomic mass is 16.5. The molecule has 0 aliphatic carbocycles. The molecule has 0 aromatic rings. The summed E-state index contributed by atoms with van der Waals surface area (Å²) in [5, 5.41) is 23.2. The Kier molecular flexibility index (Phi) is 51.1. The maximum atomic E-state index is 12.4. The third-order valence-electron chi connectivity index (χ3n) is 12.7. The predicted molar refractivity (Wildman–Crippen MR) is 273 cm³/mol. The van der Waals surface area contributed by atoms with E-state index in [0.717, 1.165) is 51.4 Å². The Balaban J connectivity index is 3.55. The fourth-order valence-electron chi connectivity index (χ4n) is 8.38. The number of aliphatic hydroxyl groups is 2. The van der Waals surface area contributed by atoms with Crippen molar-refractivity contribution in [1.82, 2.24) is 5.32 Å². The van der Waals surface area contributed by atoms with Crippen LogP contribution in [-0.4, -0.2) is 47.4 Å². The number of aliphatic hydroxyl groups excluding tert-OH is 2. The van der Waals surface area contributed by atoms with Crippen molar-refractivity contribution >= 4 is 11.9 Å². The maximum absolute atomic E-state index is 12.4. The van der Waals surface area contributed by atoms with Gasteiger partial charge in [-0.15, -0.1) is 0 Å². The second-order valence-corrected chi connectivity index (χ2v) is 18.9. The maximum Gasteiger partial charge on any atom is 0.305 e. The van der Waals surface area contributed by atoms with E-state index in [1.54, 1.807) is 0 Å². The number of hydrogen-bond acceptors (Lipinski definition) is 5. The second-order valence-electron chi connectivity index (χ2n) is 18.9. The van der Waals surface area contributed by atoms with Crippen LogP contribution < -0.4 is 5.32 Å². The molecule has 1 amide bonds. The lowest BCUT2D eigenvalue weighted by atomic mass is 10.0. The molecular formula is C57H107NO5. The highest BCUT2D eigenvalue weighted by Gasteiger charge is 2.19. The second kappa shape index (κ2) is 52.7. The highest BCUT2D eigenvalue weighted by Crippen LogP contribution is 2.17. The Morgan fingerprint density at radius 3 is 1.30 bits per heavy atom. The van der Waals surface area contributed by atoms with Gasteiger partial charge in [0, 0.05) is 12.8 Å². The zero-order valence-electron chi connectivity index (χ0n) is 42.1. The Morgan fingerprint density at radius 1 is 0.444 bits per heavy atom. The molecule has 0 saturated carbocycles. The molecule has 2 atom stereocenters. The minimum absolute atomic E-state index is 0.0280. The van der Waals surface area contributed by atoms with E-state index in [-0.39, 0.29) is 18.5 Å². The van der Waals surface area contributed by atoms with Crippen molar-refractivity contribution in [2.45, 2.75) is 302 Å². The molecule has 3 N–H and O–H groups in total. The Morgan fingerprint density at radius 2 is 0.825 bits per heavy atom. The number of ether oxygens (including phenoxy) is 1. The molecule has 0 aromatic carbocycles. The van der Waals surface area contributed by atoms with Gasteiger partial charge in [-0.3, -0.25) is 9.59 Å². The standard InChI is InChI=1S/C57H107NO5/c1-3-5-7-9-11-13-15-16-17-18-19-20-21-22-23-24-26-30-33-37-41-45-49-55(60)54(53-59)58-56(61)50-46-42-38-34-31-27-25-28-32-36-40-44-48-52-63-57(62)51-47-43-39-35-29-14-12-10-8-6-4-2/h10,12,27,31,38,42,54-55,59-60H,3-9,11,13-26,28-30,32-37,39-41,43-53H2,1-2H3,(H,58,61)/b12-10-,31-27-,42-38-. The van der Waals surface area contributed by atoms with Crippen LogP contribution in [0.3, 0.4) is 0 Å². The van der Waals surface area contributed by atoms with Gasteiger partial charge < -0.3 is 20.3 Å². The van der Waals surface area contributed by atoms with Crippen LogP contribution >= 0.6 is 0 Å². The molecule has 0 saturated heterocycles. The topological polar surface area (TPSA) is 95.9 Å². The number of carbonyl (C=O) groups excluding carboxylic acids is 2. The van der Waals surface area contributed by atoms with Crippen LogP contribution in [0.4, 0.5) is 0 Å². The minimum Gasteiger partial charge on any atom is -0.466 e. The summed E-state index contributed by atoms with van der Waals surface area (Å²) in [5.74, 6) is -0.142. The predicted octanol–water partition coefficient (Wildman–Crippen LogP) is 16.9. The normalized spacial score (nSPS) is 12.9. The quantitative estimate of drug-likeness (QED) is 0.0321. The van der Waals surface area contributed by atoms with Gasteiger partial charge in [0.05, 0.1) is 25.4 Å². The summed E-state index contributed by atoms with van der Waals surface area (Å²) in [5.41, 5.74) is 0. The molecule has 0 fully saturated rings. The zero-order valence-corrected chi connectivity index (χ0v) is 42.1. The number of allylic oxidation sites excluding steroid dienone is 6. The molecular weight excluding hydrogens is 779 g/mol. The number of esters is 1. The van der Waals surface area contributed by atoms with Gasteiger partial charge in [-0.1, -0.05) is 249 Å². The summed E-state index contributed by atoms with van der Waals surface area (Å²) in [4.78, 5) is 24.4. The fourth-order valence-corrected chi connectivity index (χ4v) is 8.38. The summed E-state index contributed by atoms with van der Waals surface area (Å²) in [6.45, 7) is 4.86. The van der Waals surface area contributed by atoms with Crippen LogP contribution in [0.5, 0.6) is 0 Å². The van der Waals surface area contributed by atoms with E-state index in [1.807, 2.05) is 6.08 Å². The molecule has 0 aliphatic rings. The van der Waals surface area contributed by atoms with Gasteiger partial charge in [0.2, 0.25) is 5.91 Å². The first-order chi connectivity index (χ1) is 31.0. The fraction of sp³-hybridized carbons (Fsp3) is 0.860. The smallest absolute Gasteiger partial charge is 0.305 e. The van der Waals surface area contributed by atoms with E-state index in [2.05, 4.69) is 49.5 Å². The number of nitrogens with one attached hydrogen (secondary N) is 1. The third kappa shape index (κ3) is 49.4. The van der Waals surface area contributed by atoms with E-state index in [0.29, 0.717) is 32.3 Å². The molecule has 0 radical (unpaired) electrons. The van der Waals surface area contributed by atoms with Gasteiger partial charge in [-0.05, 0) is 64.2 Å². The summed E-state index contributed by atoms with van der Waals surface area (Å²) in [6, 6.07) is -0.587. The van der Waals surface area contributed by atoms with Crippen molar-refractivity contribution < 1.29 is 24.5 Å². The SMILES string of the molecule is CCCC/C=C\CCCCCCCC(=O)OCCCCCCCC/C=C\C/C=C\CCC(=O)NC(CO)C(O)CCCCCCCCCCCCCCCCCCCCCCCC. The number of hydrogen-bond donors (Lipinski definition) is 3. The lowest BCUT2D eigenvalue weighted by Gasteiger charge is -2.22. The van der Waals surface area contributed by atoms with Crippen molar-refractivity contribution in [2.24, 2.45) is 0 Å². The molecule has 0 heterocycles. The van der Waals surface area contributed by atoms with Crippen molar-refractivity contribution in [3.05, 3.63) is 36.5 Å². The lowest BCUT2D eigenvalue weighted by molar-refractivity contribution is -0.143. The summed E-state index contributed by atoms with van der Waals surface area (Å²) < 4.78 is 5.43. The highest BCUT2D eigenvalue weighted by molar-refractivity contribution is 5.76. The molecule has 0 bridgehead atoms. The van der Waals surface area contributed by atoms with Crippen LogP contribution in [0.2, 0.25) is 0 Å². The van der Waals surface area contributed by atoms with E-state index in [9.17, 15) is 19.8 Å². The Hall–Kier alpha value is -1.92. The molecule has 2 unspecified atom stereocenters. The molecule has 0 aromatic heterocycles. The number of amides is 1. The van der Waals surface area contributed by atoms with Crippen LogP contribution in [0.1, 0.15) is 290 Å². The van der Waals surface area contributed by atoms with Crippen LogP contribution in [0.25, 0.3) is 0 Å². The molecule has 370 valence electrons. The average Bonchev–Trinajstić information content (AvgIpc) is 3.28. The number of unbranched alkanes of at least 4 members (excludes halogenated alkanes) is 34. The Labute approximate surface area is 392 Å². The molecule has 0 aliphatic heterocycles. The first-order valence-corrected chi connectivity index (χ1v) is 27.7. The van der Waals surface area contributed by atoms with Gasteiger partial charge in [-0.2, -0.15) is 0 Å². The van der Waals surface area contributed by atoms with E-state index < -0.39 is 12.1 Å². The third-order valence-corrected chi connectivity index (χ3v) is 12.7. The zero-order chi connectivity index (χ0) is 45.8. The van der Waals surface area contributed by atoms with Gasteiger partial charge in [0.1, 0.15) is 0 Å². The van der Waals surface area contributed by atoms with Gasteiger partial charge in [0.15, 0.2) is 0 Å². The van der Waals surface area contributed by atoms with Crippen LogP contribution in [0, 0.1) is 0 Å². The van der Waals surface area contributed by atoms with Crippen LogP contribution in [-0.2, 0) is 14.3 Å². The molecule has 63 heavy (non-hydrogen) atoms. The molecule has 0 rings (SSSR count). The average molecular weight is 886 g/mol. The van der Waals surface area contributed by atoms with Gasteiger partial charge >= 0.3 is 5.97 Å². The summed E-state index contributed by atoms with van der Waals surface area (Å²) >= 11 is 0. The Bertz CT molecular complexity index is 1020. The van der Waals surface area contributed by atoms with Crippen molar-refractivity contribution in [3.8, 4) is 0 Å². The van der Waals surface area contributed by atoms with E-state index in [4.69, 9.17) is 4.74 Å². The molecule has 6 heteroatoms.